The quantitative estimate of drug-likeness (QED) is 0.457. The highest BCUT2D eigenvalue weighted by Crippen LogP contribution is 2.32. The van der Waals surface area contributed by atoms with E-state index in [9.17, 15) is 10.1 Å². The van der Waals surface area contributed by atoms with Gasteiger partial charge in [0, 0.05) is 12.6 Å². The van der Waals surface area contributed by atoms with Gasteiger partial charge in [-0.15, -0.1) is 0 Å². The molecule has 1 aromatic heterocycles. The van der Waals surface area contributed by atoms with Gasteiger partial charge in [-0.2, -0.15) is 0 Å². The number of hydrogen-bond acceptors (Lipinski definition) is 7. The van der Waals surface area contributed by atoms with E-state index in [2.05, 4.69) is 15.4 Å². The Morgan fingerprint density at radius 3 is 2.47 bits per heavy atom. The number of nitrogen functional groups attached to an aromatic ring is 1. The summed E-state index contributed by atoms with van der Waals surface area (Å²) in [5.74, 6) is 5.93. The monoisotopic (exact) mass is 268 g/mol. The van der Waals surface area contributed by atoms with Crippen molar-refractivity contribution in [2.24, 2.45) is 11.8 Å². The lowest BCUT2D eigenvalue weighted by Crippen LogP contribution is -2.35. The highest BCUT2D eigenvalue weighted by Gasteiger charge is 2.28. The van der Waals surface area contributed by atoms with Gasteiger partial charge in [0.2, 0.25) is 11.6 Å². The number of nitrogens with one attached hydrogen (secondary N) is 1. The molecule has 0 bridgehead atoms. The lowest BCUT2D eigenvalue weighted by Gasteiger charge is -2.29. The van der Waals surface area contributed by atoms with Gasteiger partial charge in [0.1, 0.15) is 6.33 Å². The fourth-order valence-electron chi connectivity index (χ4n) is 1.79. The van der Waals surface area contributed by atoms with Crippen LogP contribution < -0.4 is 16.2 Å². The van der Waals surface area contributed by atoms with Gasteiger partial charge in [-0.25, -0.2) is 15.8 Å². The van der Waals surface area contributed by atoms with Gasteiger partial charge in [0.05, 0.1) is 4.92 Å². The zero-order valence-corrected chi connectivity index (χ0v) is 11.6. The first-order chi connectivity index (χ1) is 8.88. The molecule has 19 heavy (non-hydrogen) atoms. The molecule has 0 saturated carbocycles. The van der Waals surface area contributed by atoms with Crippen LogP contribution in [0.4, 0.5) is 17.3 Å². The molecule has 3 N–H and O–H groups in total. The number of rotatable bonds is 6. The highest BCUT2D eigenvalue weighted by molar-refractivity contribution is 5.70. The first-order valence-electron chi connectivity index (χ1n) is 6.11. The Morgan fingerprint density at radius 1 is 1.42 bits per heavy atom. The average Bonchev–Trinajstić information content (AvgIpc) is 2.34. The highest BCUT2D eigenvalue weighted by atomic mass is 16.6. The van der Waals surface area contributed by atoms with Gasteiger partial charge in [-0.3, -0.25) is 10.1 Å². The minimum Gasteiger partial charge on any atom is -0.348 e. The molecule has 8 nitrogen and oxygen atoms in total. The van der Waals surface area contributed by atoms with E-state index in [4.69, 9.17) is 5.84 Å². The Balaban J connectivity index is 3.33. The van der Waals surface area contributed by atoms with Crippen LogP contribution in [0.25, 0.3) is 0 Å². The van der Waals surface area contributed by atoms with Crippen molar-refractivity contribution in [3.8, 4) is 0 Å². The van der Waals surface area contributed by atoms with Gasteiger partial charge in [0.25, 0.3) is 0 Å². The predicted octanol–water partition coefficient (Wildman–Crippen LogP) is 1.54. The molecule has 0 aliphatic rings. The molecular formula is C11H20N6O2. The molecule has 0 aliphatic carbocycles. The number of hydrazine groups is 1. The van der Waals surface area contributed by atoms with Crippen molar-refractivity contribution in [3.05, 3.63) is 16.4 Å². The van der Waals surface area contributed by atoms with E-state index < -0.39 is 4.92 Å². The minimum absolute atomic E-state index is 0.0180. The van der Waals surface area contributed by atoms with Crippen molar-refractivity contribution in [1.29, 1.82) is 0 Å². The third kappa shape index (κ3) is 3.50. The standard InChI is InChI=1S/C11H20N6O2/c1-7(2)5-16(8(3)4)11-9(17(18)19)10(15-12)13-6-14-11/h6-8H,5,12H2,1-4H3,(H,13,14,15). The van der Waals surface area contributed by atoms with Crippen LogP contribution in [0.3, 0.4) is 0 Å². The molecule has 1 heterocycles. The van der Waals surface area contributed by atoms with Crippen molar-refractivity contribution >= 4 is 17.3 Å². The number of anilines is 2. The fourth-order valence-corrected chi connectivity index (χ4v) is 1.79. The second-order valence-corrected chi connectivity index (χ2v) is 4.94. The number of nitro groups is 1. The second kappa shape index (κ2) is 6.28. The van der Waals surface area contributed by atoms with Crippen molar-refractivity contribution in [1.82, 2.24) is 9.97 Å². The lowest BCUT2D eigenvalue weighted by molar-refractivity contribution is -0.383. The van der Waals surface area contributed by atoms with E-state index in [1.807, 2.05) is 32.6 Å². The third-order valence-electron chi connectivity index (χ3n) is 2.58. The molecular weight excluding hydrogens is 248 g/mol. The van der Waals surface area contributed by atoms with Crippen LogP contribution in [0.1, 0.15) is 27.7 Å². The molecule has 0 atom stereocenters. The Bertz CT molecular complexity index is 449. The summed E-state index contributed by atoms with van der Waals surface area (Å²) in [7, 11) is 0. The van der Waals surface area contributed by atoms with Crippen LogP contribution in [0, 0.1) is 16.0 Å². The normalized spacial score (nSPS) is 10.9. The molecule has 0 unspecified atom stereocenters. The zero-order valence-electron chi connectivity index (χ0n) is 11.6. The van der Waals surface area contributed by atoms with Gasteiger partial charge in [0.15, 0.2) is 0 Å². The van der Waals surface area contributed by atoms with E-state index in [1.54, 1.807) is 0 Å². The van der Waals surface area contributed by atoms with Crippen molar-refractivity contribution in [2.45, 2.75) is 33.7 Å². The van der Waals surface area contributed by atoms with E-state index in [1.165, 1.54) is 6.33 Å². The maximum Gasteiger partial charge on any atom is 0.354 e. The van der Waals surface area contributed by atoms with Crippen LogP contribution in [-0.4, -0.2) is 27.5 Å². The van der Waals surface area contributed by atoms with Crippen molar-refractivity contribution < 1.29 is 4.92 Å². The summed E-state index contributed by atoms with van der Waals surface area (Å²) in [6.07, 6.45) is 1.27. The second-order valence-electron chi connectivity index (χ2n) is 4.94. The Hall–Kier alpha value is -1.96. The molecule has 0 aromatic carbocycles. The van der Waals surface area contributed by atoms with Gasteiger partial charge in [-0.05, 0) is 19.8 Å². The summed E-state index contributed by atoms with van der Waals surface area (Å²) in [6, 6.07) is 0.0848. The smallest absolute Gasteiger partial charge is 0.348 e. The maximum absolute atomic E-state index is 11.2. The average molecular weight is 268 g/mol. The van der Waals surface area contributed by atoms with Crippen LogP contribution in [0.2, 0.25) is 0 Å². The number of nitrogens with two attached hydrogens (primary N) is 1. The van der Waals surface area contributed by atoms with Crippen LogP contribution in [0.5, 0.6) is 0 Å². The van der Waals surface area contributed by atoms with Crippen LogP contribution in [0.15, 0.2) is 6.33 Å². The molecule has 0 spiro atoms. The SMILES string of the molecule is CC(C)CN(c1ncnc(NN)c1[N+](=O)[O-])C(C)C. The Morgan fingerprint density at radius 2 is 2.05 bits per heavy atom. The Labute approximate surface area is 112 Å². The molecule has 0 saturated heterocycles. The molecule has 106 valence electrons. The van der Waals surface area contributed by atoms with Gasteiger partial charge in [-0.1, -0.05) is 13.8 Å². The summed E-state index contributed by atoms with van der Waals surface area (Å²) >= 11 is 0. The molecule has 0 amide bonds. The Kier molecular flexibility index (Phi) is 4.99. The summed E-state index contributed by atoms with van der Waals surface area (Å²) in [6.45, 7) is 8.68. The maximum atomic E-state index is 11.2. The summed E-state index contributed by atoms with van der Waals surface area (Å²) in [5.41, 5.74) is 2.05. The molecule has 0 aliphatic heterocycles. The number of nitrogens with zero attached hydrogens (tertiary/aromatic N) is 4. The minimum atomic E-state index is -0.514. The molecule has 0 radical (unpaired) electrons. The lowest BCUT2D eigenvalue weighted by atomic mass is 10.1. The van der Waals surface area contributed by atoms with E-state index in [0.717, 1.165) is 0 Å². The summed E-state index contributed by atoms with van der Waals surface area (Å²) in [4.78, 5) is 20.4. The number of hydrogen-bond donors (Lipinski definition) is 2. The number of aromatic nitrogens is 2. The largest absolute Gasteiger partial charge is 0.354 e. The summed E-state index contributed by atoms with van der Waals surface area (Å²) in [5, 5.41) is 11.2. The van der Waals surface area contributed by atoms with Crippen LogP contribution >= 0.6 is 0 Å². The zero-order chi connectivity index (χ0) is 14.6. The predicted molar refractivity (Wildman–Crippen MR) is 73.8 cm³/mol. The van der Waals surface area contributed by atoms with E-state index >= 15 is 0 Å². The molecule has 1 aromatic rings. The van der Waals surface area contributed by atoms with Gasteiger partial charge >= 0.3 is 5.69 Å². The van der Waals surface area contributed by atoms with Crippen molar-refractivity contribution in [2.75, 3.05) is 16.9 Å². The van der Waals surface area contributed by atoms with E-state index in [0.29, 0.717) is 12.5 Å². The fraction of sp³-hybridized carbons (Fsp3) is 0.636. The van der Waals surface area contributed by atoms with E-state index in [-0.39, 0.29) is 23.4 Å². The summed E-state index contributed by atoms with van der Waals surface area (Å²) < 4.78 is 0. The first kappa shape index (κ1) is 15.1. The molecule has 8 heteroatoms. The van der Waals surface area contributed by atoms with Gasteiger partial charge < -0.3 is 10.3 Å². The topological polar surface area (TPSA) is 110 Å². The first-order valence-corrected chi connectivity index (χ1v) is 6.11. The van der Waals surface area contributed by atoms with Crippen molar-refractivity contribution in [3.63, 3.8) is 0 Å². The third-order valence-corrected chi connectivity index (χ3v) is 2.58. The van der Waals surface area contributed by atoms with Crippen LogP contribution in [-0.2, 0) is 0 Å². The molecule has 0 fully saturated rings. The molecule has 1 rings (SSSR count).